The third-order valence-electron chi connectivity index (χ3n) is 3.09. The second kappa shape index (κ2) is 6.62. The molecule has 21 heavy (non-hydrogen) atoms. The zero-order valence-electron chi connectivity index (χ0n) is 12.4. The number of rotatable bonds is 6. The Balaban J connectivity index is 2.11. The van der Waals surface area contributed by atoms with Gasteiger partial charge in [-0.05, 0) is 19.1 Å². The molecular weight excluding hydrogens is 290 g/mol. The summed E-state index contributed by atoms with van der Waals surface area (Å²) in [5, 5.41) is 8.70. The third-order valence-corrected chi connectivity index (χ3v) is 4.11. The van der Waals surface area contributed by atoms with Crippen LogP contribution in [0.2, 0.25) is 0 Å². The van der Waals surface area contributed by atoms with Crippen molar-refractivity contribution < 1.29 is 14.3 Å². The number of benzene rings is 1. The van der Waals surface area contributed by atoms with Crippen LogP contribution in [-0.2, 0) is 7.05 Å². The fraction of sp³-hybridized carbons (Fsp3) is 0.357. The smallest absolute Gasteiger partial charge is 0.191 e. The number of aromatic nitrogens is 3. The van der Waals surface area contributed by atoms with Gasteiger partial charge in [-0.15, -0.1) is 10.2 Å². The van der Waals surface area contributed by atoms with Gasteiger partial charge >= 0.3 is 0 Å². The van der Waals surface area contributed by atoms with E-state index in [-0.39, 0.29) is 11.5 Å². The van der Waals surface area contributed by atoms with E-state index < -0.39 is 0 Å². The first-order valence-electron chi connectivity index (χ1n) is 6.30. The van der Waals surface area contributed by atoms with E-state index >= 15 is 0 Å². The molecule has 0 aliphatic rings. The number of thioether (sulfide) groups is 1. The van der Waals surface area contributed by atoms with Gasteiger partial charge in [0.15, 0.2) is 10.9 Å². The molecule has 7 heteroatoms. The molecule has 0 radical (unpaired) electrons. The highest BCUT2D eigenvalue weighted by molar-refractivity contribution is 7.99. The molecule has 1 heterocycles. The summed E-state index contributed by atoms with van der Waals surface area (Å²) in [6.07, 6.45) is 0. The first kappa shape index (κ1) is 15.4. The number of ketones is 1. The Morgan fingerprint density at radius 2 is 2.05 bits per heavy atom. The van der Waals surface area contributed by atoms with Crippen LogP contribution in [0.3, 0.4) is 0 Å². The molecule has 1 aromatic carbocycles. The number of methoxy groups -OCH3 is 2. The van der Waals surface area contributed by atoms with Crippen LogP contribution in [0.4, 0.5) is 0 Å². The third kappa shape index (κ3) is 3.36. The van der Waals surface area contributed by atoms with Crippen LogP contribution in [0, 0.1) is 6.92 Å². The van der Waals surface area contributed by atoms with Crippen LogP contribution in [0.15, 0.2) is 23.4 Å². The van der Waals surface area contributed by atoms with E-state index in [1.165, 1.54) is 18.9 Å². The number of hydrogen-bond acceptors (Lipinski definition) is 6. The number of nitrogens with zero attached hydrogens (tertiary/aromatic N) is 3. The van der Waals surface area contributed by atoms with E-state index in [9.17, 15) is 4.79 Å². The van der Waals surface area contributed by atoms with E-state index in [4.69, 9.17) is 9.47 Å². The molecule has 0 amide bonds. The molecule has 0 N–H and O–H groups in total. The highest BCUT2D eigenvalue weighted by atomic mass is 32.2. The van der Waals surface area contributed by atoms with Crippen molar-refractivity contribution in [3.63, 3.8) is 0 Å². The van der Waals surface area contributed by atoms with Crippen molar-refractivity contribution in [1.29, 1.82) is 0 Å². The molecule has 2 aromatic rings. The zero-order chi connectivity index (χ0) is 15.4. The molecule has 1 aromatic heterocycles. The van der Waals surface area contributed by atoms with E-state index in [0.717, 1.165) is 5.82 Å². The van der Waals surface area contributed by atoms with Gasteiger partial charge in [-0.25, -0.2) is 0 Å². The van der Waals surface area contributed by atoms with Crippen molar-refractivity contribution in [3.05, 3.63) is 29.6 Å². The molecule has 0 fully saturated rings. The van der Waals surface area contributed by atoms with Gasteiger partial charge in [0.05, 0.1) is 25.5 Å². The Kier molecular flexibility index (Phi) is 4.85. The summed E-state index contributed by atoms with van der Waals surface area (Å²) in [7, 11) is 4.98. The van der Waals surface area contributed by atoms with E-state index in [0.29, 0.717) is 22.2 Å². The van der Waals surface area contributed by atoms with Gasteiger partial charge in [0.1, 0.15) is 17.3 Å². The van der Waals surface area contributed by atoms with Crippen LogP contribution in [0.5, 0.6) is 11.5 Å². The molecule has 112 valence electrons. The molecule has 0 aliphatic carbocycles. The fourth-order valence-electron chi connectivity index (χ4n) is 1.75. The fourth-order valence-corrected chi connectivity index (χ4v) is 2.59. The average molecular weight is 307 g/mol. The minimum Gasteiger partial charge on any atom is -0.497 e. The summed E-state index contributed by atoms with van der Waals surface area (Å²) >= 11 is 1.35. The van der Waals surface area contributed by atoms with Gasteiger partial charge in [-0.1, -0.05) is 11.8 Å². The largest absolute Gasteiger partial charge is 0.497 e. The number of Topliss-reactive ketones (excluding diaryl/α,β-unsaturated/α-hetero) is 1. The lowest BCUT2D eigenvalue weighted by molar-refractivity contribution is 0.101. The highest BCUT2D eigenvalue weighted by Gasteiger charge is 2.15. The predicted molar refractivity (Wildman–Crippen MR) is 80.3 cm³/mol. The lowest BCUT2D eigenvalue weighted by atomic mass is 10.1. The Labute approximate surface area is 127 Å². The number of ether oxygens (including phenoxy) is 2. The van der Waals surface area contributed by atoms with Gasteiger partial charge in [-0.2, -0.15) is 0 Å². The summed E-state index contributed by atoms with van der Waals surface area (Å²) < 4.78 is 12.2. The monoisotopic (exact) mass is 307 g/mol. The maximum atomic E-state index is 12.3. The summed E-state index contributed by atoms with van der Waals surface area (Å²) in [6, 6.07) is 5.15. The van der Waals surface area contributed by atoms with Crippen LogP contribution >= 0.6 is 11.8 Å². The van der Waals surface area contributed by atoms with E-state index in [1.54, 1.807) is 25.3 Å². The second-order valence-corrected chi connectivity index (χ2v) is 5.31. The lowest BCUT2D eigenvalue weighted by Gasteiger charge is -2.09. The number of carbonyl (C=O) groups excluding carboxylic acids is 1. The maximum Gasteiger partial charge on any atom is 0.191 e. The second-order valence-electron chi connectivity index (χ2n) is 4.37. The Bertz CT molecular complexity index is 655. The summed E-state index contributed by atoms with van der Waals surface area (Å²) in [4.78, 5) is 12.3. The quantitative estimate of drug-likeness (QED) is 0.601. The molecule has 6 nitrogen and oxygen atoms in total. The number of hydrogen-bond donors (Lipinski definition) is 0. The van der Waals surface area contributed by atoms with Gasteiger partial charge in [0.2, 0.25) is 0 Å². The molecule has 0 atom stereocenters. The molecule has 2 rings (SSSR count). The van der Waals surface area contributed by atoms with Gasteiger partial charge in [-0.3, -0.25) is 4.79 Å². The normalized spacial score (nSPS) is 10.5. The molecule has 0 spiro atoms. The van der Waals surface area contributed by atoms with Crippen LogP contribution in [-0.4, -0.2) is 40.5 Å². The Morgan fingerprint density at radius 3 is 2.62 bits per heavy atom. The standard InChI is InChI=1S/C14H17N3O3S/c1-9-15-16-14(17(9)2)21-8-12(18)11-6-5-10(19-3)7-13(11)20-4/h5-7H,8H2,1-4H3. The SMILES string of the molecule is COc1ccc(C(=O)CSc2nnc(C)n2C)c(OC)c1. The minimum absolute atomic E-state index is 0.0276. The van der Waals surface area contributed by atoms with Crippen LogP contribution in [0.1, 0.15) is 16.2 Å². The first-order valence-corrected chi connectivity index (χ1v) is 7.29. The molecular formula is C14H17N3O3S. The number of carbonyl (C=O) groups is 1. The average Bonchev–Trinajstić information content (AvgIpc) is 2.83. The maximum absolute atomic E-state index is 12.3. The van der Waals surface area contributed by atoms with Crippen LogP contribution in [0.25, 0.3) is 0 Å². The van der Waals surface area contributed by atoms with Crippen molar-refractivity contribution in [2.75, 3.05) is 20.0 Å². The van der Waals surface area contributed by atoms with E-state index in [1.807, 2.05) is 18.5 Å². The first-order chi connectivity index (χ1) is 10.1. The summed E-state index contributed by atoms with van der Waals surface area (Å²) in [5.74, 6) is 2.22. The molecule has 0 bridgehead atoms. The predicted octanol–water partition coefficient (Wildman–Crippen LogP) is 2.12. The van der Waals surface area contributed by atoms with E-state index in [2.05, 4.69) is 10.2 Å². The van der Waals surface area contributed by atoms with Crippen molar-refractivity contribution in [2.45, 2.75) is 12.1 Å². The van der Waals surface area contributed by atoms with Crippen molar-refractivity contribution >= 4 is 17.5 Å². The number of aryl methyl sites for hydroxylation is 1. The van der Waals surface area contributed by atoms with Gasteiger partial charge < -0.3 is 14.0 Å². The van der Waals surface area contributed by atoms with Crippen molar-refractivity contribution in [2.24, 2.45) is 7.05 Å². The summed E-state index contributed by atoms with van der Waals surface area (Å²) in [6.45, 7) is 1.87. The van der Waals surface area contributed by atoms with Crippen LogP contribution < -0.4 is 9.47 Å². The van der Waals surface area contributed by atoms with Gasteiger partial charge in [0, 0.05) is 13.1 Å². The zero-order valence-corrected chi connectivity index (χ0v) is 13.2. The molecule has 0 saturated heterocycles. The Morgan fingerprint density at radius 1 is 1.29 bits per heavy atom. The summed E-state index contributed by atoms with van der Waals surface area (Å²) in [5.41, 5.74) is 0.532. The van der Waals surface area contributed by atoms with Crippen molar-refractivity contribution in [3.8, 4) is 11.5 Å². The molecule has 0 aliphatic heterocycles. The Hall–Kier alpha value is -2.02. The minimum atomic E-state index is -0.0276. The lowest BCUT2D eigenvalue weighted by Crippen LogP contribution is -2.06. The molecule has 0 saturated carbocycles. The highest BCUT2D eigenvalue weighted by Crippen LogP contribution is 2.26. The van der Waals surface area contributed by atoms with Crippen molar-refractivity contribution in [1.82, 2.24) is 14.8 Å². The topological polar surface area (TPSA) is 66.2 Å². The van der Waals surface area contributed by atoms with Gasteiger partial charge in [0.25, 0.3) is 0 Å². The molecule has 0 unspecified atom stereocenters.